The third-order valence-electron chi connectivity index (χ3n) is 6.19. The number of benzene rings is 3. The minimum Gasteiger partial charge on any atom is -0.317 e. The second-order valence-corrected chi connectivity index (χ2v) is 8.00. The van der Waals surface area contributed by atoms with E-state index in [1.807, 2.05) is 28.8 Å². The summed E-state index contributed by atoms with van der Waals surface area (Å²) in [4.78, 5) is 16.0. The molecule has 4 aromatic rings. The molecule has 0 bridgehead atoms. The lowest BCUT2D eigenvalue weighted by Crippen LogP contribution is -2.49. The molecule has 0 saturated carbocycles. The molecule has 0 atom stereocenters. The Labute approximate surface area is 170 Å². The van der Waals surface area contributed by atoms with Crippen LogP contribution in [-0.4, -0.2) is 22.6 Å². The number of H-pyrrole nitrogens is 1. The average molecular weight is 383 g/mol. The fraction of sp³-hybridized carbons (Fsp3) is 0.240. The Morgan fingerprint density at radius 2 is 1.45 bits per heavy atom. The van der Waals surface area contributed by atoms with Gasteiger partial charge in [-0.15, -0.1) is 0 Å². The van der Waals surface area contributed by atoms with Crippen LogP contribution in [0.5, 0.6) is 0 Å². The van der Waals surface area contributed by atoms with Crippen molar-refractivity contribution in [2.24, 2.45) is 0 Å². The molecular formula is C25H25N3O. The molecule has 3 aromatic carbocycles. The first-order chi connectivity index (χ1) is 14.3. The van der Waals surface area contributed by atoms with E-state index in [2.05, 4.69) is 64.9 Å². The molecule has 0 amide bonds. The molecule has 1 saturated heterocycles. The molecule has 1 aliphatic heterocycles. The molecule has 1 fully saturated rings. The Balaban J connectivity index is 1.54. The normalized spacial score (nSPS) is 16.1. The molecule has 4 nitrogen and oxygen atoms in total. The zero-order valence-corrected chi connectivity index (χ0v) is 16.4. The van der Waals surface area contributed by atoms with Crippen molar-refractivity contribution in [2.75, 3.05) is 13.1 Å². The van der Waals surface area contributed by atoms with Gasteiger partial charge in [0.25, 0.3) is 0 Å². The smallest absolute Gasteiger partial charge is 0.317 e. The van der Waals surface area contributed by atoms with E-state index in [0.29, 0.717) is 0 Å². The molecular weight excluding hydrogens is 358 g/mol. The van der Waals surface area contributed by atoms with Crippen molar-refractivity contribution in [1.29, 1.82) is 0 Å². The van der Waals surface area contributed by atoms with Gasteiger partial charge in [-0.25, -0.2) is 4.79 Å². The molecule has 1 aliphatic rings. The van der Waals surface area contributed by atoms with E-state index in [1.54, 1.807) is 0 Å². The van der Waals surface area contributed by atoms with Crippen LogP contribution in [-0.2, 0) is 12.0 Å². The second-order valence-electron chi connectivity index (χ2n) is 8.00. The molecule has 4 heteroatoms. The number of nitrogens with one attached hydrogen (secondary N) is 2. The number of fused-ring (bicyclic) bond motifs is 1. The first-order valence-corrected chi connectivity index (χ1v) is 10.3. The van der Waals surface area contributed by atoms with Crippen molar-refractivity contribution in [3.05, 3.63) is 94.9 Å². The van der Waals surface area contributed by atoms with Gasteiger partial charge in [-0.3, -0.25) is 4.57 Å². The highest BCUT2D eigenvalue weighted by molar-refractivity contribution is 5.75. The molecule has 5 rings (SSSR count). The van der Waals surface area contributed by atoms with Gasteiger partial charge in [0.15, 0.2) is 0 Å². The van der Waals surface area contributed by atoms with Crippen molar-refractivity contribution in [2.45, 2.75) is 24.8 Å². The van der Waals surface area contributed by atoms with E-state index in [1.165, 1.54) is 16.7 Å². The maximum absolute atomic E-state index is 13.0. The van der Waals surface area contributed by atoms with Crippen LogP contribution in [0.4, 0.5) is 0 Å². The summed E-state index contributed by atoms with van der Waals surface area (Å²) in [5.74, 6) is 0. The van der Waals surface area contributed by atoms with Crippen LogP contribution < -0.4 is 11.0 Å². The Kier molecular flexibility index (Phi) is 4.57. The van der Waals surface area contributed by atoms with Gasteiger partial charge in [-0.2, -0.15) is 0 Å². The number of aromatic amines is 1. The Morgan fingerprint density at radius 3 is 2.21 bits per heavy atom. The quantitative estimate of drug-likeness (QED) is 0.551. The van der Waals surface area contributed by atoms with Gasteiger partial charge in [0.05, 0.1) is 16.6 Å². The molecule has 2 N–H and O–H groups in total. The fourth-order valence-corrected chi connectivity index (χ4v) is 4.72. The topological polar surface area (TPSA) is 49.8 Å². The minimum absolute atomic E-state index is 0.00555. The number of nitrogens with zero attached hydrogens (tertiary/aromatic N) is 1. The molecule has 29 heavy (non-hydrogen) atoms. The van der Waals surface area contributed by atoms with Crippen molar-refractivity contribution >= 4 is 11.0 Å². The summed E-state index contributed by atoms with van der Waals surface area (Å²) in [5.41, 5.74) is 5.41. The van der Waals surface area contributed by atoms with Gasteiger partial charge in [0.1, 0.15) is 0 Å². The number of aromatic nitrogens is 2. The SMILES string of the molecule is O=c1[nH]c2ccccc2n1C1(Cc2ccc(-c3ccccc3)cc2)CCNCC1. The van der Waals surface area contributed by atoms with Crippen molar-refractivity contribution in [3.8, 4) is 11.1 Å². The zero-order chi connectivity index (χ0) is 19.7. The van der Waals surface area contributed by atoms with Gasteiger partial charge < -0.3 is 10.3 Å². The highest BCUT2D eigenvalue weighted by Gasteiger charge is 2.36. The molecule has 0 unspecified atom stereocenters. The highest BCUT2D eigenvalue weighted by Crippen LogP contribution is 2.33. The number of hydrogen-bond donors (Lipinski definition) is 2. The van der Waals surface area contributed by atoms with Crippen molar-refractivity contribution in [1.82, 2.24) is 14.9 Å². The van der Waals surface area contributed by atoms with Crippen LogP contribution in [0.1, 0.15) is 18.4 Å². The standard InChI is InChI=1S/C25H25N3O/c29-24-27-22-8-4-5-9-23(22)28(24)25(14-16-26-17-15-25)18-19-10-12-21(13-11-19)20-6-2-1-3-7-20/h1-13,26H,14-18H2,(H,27,29). The first kappa shape index (κ1) is 18.0. The predicted molar refractivity (Wildman–Crippen MR) is 118 cm³/mol. The third kappa shape index (κ3) is 3.30. The van der Waals surface area contributed by atoms with Gasteiger partial charge in [-0.1, -0.05) is 66.7 Å². The average Bonchev–Trinajstić information content (AvgIpc) is 3.12. The summed E-state index contributed by atoms with van der Waals surface area (Å²) < 4.78 is 2.02. The van der Waals surface area contributed by atoms with Crippen LogP contribution >= 0.6 is 0 Å². The first-order valence-electron chi connectivity index (χ1n) is 10.3. The monoisotopic (exact) mass is 383 g/mol. The lowest BCUT2D eigenvalue weighted by Gasteiger charge is -2.39. The lowest BCUT2D eigenvalue weighted by atomic mass is 9.81. The molecule has 146 valence electrons. The largest absolute Gasteiger partial charge is 0.326 e. The molecule has 0 spiro atoms. The van der Waals surface area contributed by atoms with Crippen LogP contribution in [0, 0.1) is 0 Å². The van der Waals surface area contributed by atoms with Crippen molar-refractivity contribution < 1.29 is 0 Å². The van der Waals surface area contributed by atoms with Crippen LogP contribution in [0.2, 0.25) is 0 Å². The Bertz CT molecular complexity index is 1170. The van der Waals surface area contributed by atoms with Crippen LogP contribution in [0.3, 0.4) is 0 Å². The van der Waals surface area contributed by atoms with E-state index in [9.17, 15) is 4.79 Å². The summed E-state index contributed by atoms with van der Waals surface area (Å²) in [7, 11) is 0. The van der Waals surface area contributed by atoms with Gasteiger partial charge in [0.2, 0.25) is 0 Å². The Morgan fingerprint density at radius 1 is 0.793 bits per heavy atom. The second kappa shape index (κ2) is 7.37. The predicted octanol–water partition coefficient (Wildman–Crippen LogP) is 4.32. The fourth-order valence-electron chi connectivity index (χ4n) is 4.72. The number of para-hydroxylation sites is 2. The lowest BCUT2D eigenvalue weighted by molar-refractivity contribution is 0.204. The molecule has 1 aromatic heterocycles. The summed E-state index contributed by atoms with van der Waals surface area (Å²) in [6.45, 7) is 1.85. The maximum atomic E-state index is 13.0. The maximum Gasteiger partial charge on any atom is 0.326 e. The number of rotatable bonds is 4. The van der Waals surface area contributed by atoms with E-state index in [-0.39, 0.29) is 11.2 Å². The summed E-state index contributed by atoms with van der Waals surface area (Å²) >= 11 is 0. The number of imidazole rings is 1. The summed E-state index contributed by atoms with van der Waals surface area (Å²) in [5, 5.41) is 3.46. The van der Waals surface area contributed by atoms with Crippen LogP contribution in [0.25, 0.3) is 22.2 Å². The molecule has 0 aliphatic carbocycles. The molecule has 0 radical (unpaired) electrons. The van der Waals surface area contributed by atoms with Crippen molar-refractivity contribution in [3.63, 3.8) is 0 Å². The summed E-state index contributed by atoms with van der Waals surface area (Å²) in [6.07, 6.45) is 2.73. The summed E-state index contributed by atoms with van der Waals surface area (Å²) in [6, 6.07) is 27.3. The Hall–Kier alpha value is -3.11. The van der Waals surface area contributed by atoms with E-state index >= 15 is 0 Å². The van der Waals surface area contributed by atoms with Crippen LogP contribution in [0.15, 0.2) is 83.7 Å². The third-order valence-corrected chi connectivity index (χ3v) is 6.19. The number of hydrogen-bond acceptors (Lipinski definition) is 2. The van der Waals surface area contributed by atoms with E-state index in [4.69, 9.17) is 0 Å². The number of piperidine rings is 1. The van der Waals surface area contributed by atoms with Gasteiger partial charge >= 0.3 is 5.69 Å². The molecule has 2 heterocycles. The van der Waals surface area contributed by atoms with Gasteiger partial charge in [0, 0.05) is 0 Å². The zero-order valence-electron chi connectivity index (χ0n) is 16.4. The van der Waals surface area contributed by atoms with Gasteiger partial charge in [-0.05, 0) is 61.2 Å². The minimum atomic E-state index is -0.212. The van der Waals surface area contributed by atoms with E-state index in [0.717, 1.165) is 43.4 Å². The highest BCUT2D eigenvalue weighted by atomic mass is 16.1. The van der Waals surface area contributed by atoms with E-state index < -0.39 is 0 Å².